The van der Waals surface area contributed by atoms with Gasteiger partial charge in [-0.05, 0) is 13.3 Å². The zero-order valence-electron chi connectivity index (χ0n) is 8.08. The van der Waals surface area contributed by atoms with E-state index in [2.05, 4.69) is 0 Å². The molecule has 1 unspecified atom stereocenters. The lowest BCUT2D eigenvalue weighted by atomic mass is 10.3. The predicted molar refractivity (Wildman–Crippen MR) is 52.8 cm³/mol. The number of hydrogen-bond donors (Lipinski definition) is 1. The van der Waals surface area contributed by atoms with Crippen LogP contribution in [0.4, 0.5) is 0 Å². The summed E-state index contributed by atoms with van der Waals surface area (Å²) in [6, 6.07) is -0.0509. The highest BCUT2D eigenvalue weighted by Gasteiger charge is 2.24. The molecule has 0 aromatic rings. The van der Waals surface area contributed by atoms with E-state index in [1.54, 1.807) is 0 Å². The molecular formula is C8H16N2O2S. The molecule has 1 heterocycles. The van der Waals surface area contributed by atoms with Gasteiger partial charge in [0, 0.05) is 25.3 Å². The van der Waals surface area contributed by atoms with E-state index < -0.39 is 9.84 Å². The van der Waals surface area contributed by atoms with E-state index in [0.29, 0.717) is 5.84 Å². The molecule has 76 valence electrons. The molecule has 0 aromatic carbocycles. The predicted octanol–water partition coefficient (Wildman–Crippen LogP) is 0.493. The summed E-state index contributed by atoms with van der Waals surface area (Å²) in [6.45, 7) is 2.69. The zero-order valence-corrected chi connectivity index (χ0v) is 8.89. The number of sulfone groups is 1. The maximum Gasteiger partial charge on any atom is 0.149 e. The van der Waals surface area contributed by atoms with E-state index >= 15 is 0 Å². The SMILES string of the molecule is CC(CS(C)(=O)=O)N1CCCC1=N. The Bertz CT molecular complexity index is 297. The molecule has 0 radical (unpaired) electrons. The van der Waals surface area contributed by atoms with E-state index in [4.69, 9.17) is 5.41 Å². The van der Waals surface area contributed by atoms with Gasteiger partial charge >= 0.3 is 0 Å². The Kier molecular flexibility index (Phi) is 2.95. The van der Waals surface area contributed by atoms with Crippen LogP contribution in [0.5, 0.6) is 0 Å². The van der Waals surface area contributed by atoms with Gasteiger partial charge in [0.1, 0.15) is 9.84 Å². The molecule has 0 spiro atoms. The van der Waals surface area contributed by atoms with Crippen LogP contribution in [0.2, 0.25) is 0 Å². The van der Waals surface area contributed by atoms with Crippen LogP contribution in [0.25, 0.3) is 0 Å². The molecule has 0 amide bonds. The van der Waals surface area contributed by atoms with E-state index in [1.165, 1.54) is 6.26 Å². The van der Waals surface area contributed by atoms with Crippen LogP contribution in [0.1, 0.15) is 19.8 Å². The molecule has 1 saturated heterocycles. The first kappa shape index (κ1) is 10.5. The van der Waals surface area contributed by atoms with Gasteiger partial charge in [-0.25, -0.2) is 8.42 Å². The van der Waals surface area contributed by atoms with E-state index in [-0.39, 0.29) is 11.8 Å². The van der Waals surface area contributed by atoms with E-state index in [9.17, 15) is 8.42 Å². The van der Waals surface area contributed by atoms with E-state index in [1.807, 2.05) is 11.8 Å². The fraction of sp³-hybridized carbons (Fsp3) is 0.875. The average molecular weight is 204 g/mol. The van der Waals surface area contributed by atoms with Gasteiger partial charge in [-0.3, -0.25) is 5.41 Å². The van der Waals surface area contributed by atoms with Crippen LogP contribution in [0.15, 0.2) is 0 Å². The molecule has 0 bridgehead atoms. The van der Waals surface area contributed by atoms with Crippen molar-refractivity contribution in [1.82, 2.24) is 4.90 Å². The third kappa shape index (κ3) is 2.99. The molecule has 1 aliphatic heterocycles. The lowest BCUT2D eigenvalue weighted by Crippen LogP contribution is -2.38. The summed E-state index contributed by atoms with van der Waals surface area (Å²) in [7, 11) is -2.92. The first-order chi connectivity index (χ1) is 5.90. The monoisotopic (exact) mass is 204 g/mol. The fourth-order valence-corrected chi connectivity index (χ4v) is 2.77. The number of nitrogens with zero attached hydrogens (tertiary/aromatic N) is 1. The summed E-state index contributed by atoms with van der Waals surface area (Å²) in [5, 5.41) is 7.58. The molecule has 5 heteroatoms. The van der Waals surface area contributed by atoms with Crippen molar-refractivity contribution in [3.8, 4) is 0 Å². The Balaban J connectivity index is 2.57. The Hall–Kier alpha value is -0.580. The van der Waals surface area contributed by atoms with Crippen molar-refractivity contribution in [2.24, 2.45) is 0 Å². The second-order valence-electron chi connectivity index (χ2n) is 3.69. The molecule has 0 aliphatic carbocycles. The van der Waals surface area contributed by atoms with E-state index in [0.717, 1.165) is 19.4 Å². The number of rotatable bonds is 3. The number of amidine groups is 1. The first-order valence-electron chi connectivity index (χ1n) is 4.42. The summed E-state index contributed by atoms with van der Waals surface area (Å²) in [4.78, 5) is 1.88. The minimum absolute atomic E-state index is 0.0509. The molecule has 1 aliphatic rings. The van der Waals surface area contributed by atoms with Gasteiger partial charge in [0.15, 0.2) is 0 Å². The average Bonchev–Trinajstić information content (AvgIpc) is 2.30. The third-order valence-electron chi connectivity index (χ3n) is 2.24. The Morgan fingerprint density at radius 3 is 2.62 bits per heavy atom. The molecular weight excluding hydrogens is 188 g/mol. The molecule has 1 rings (SSSR count). The van der Waals surface area contributed by atoms with Gasteiger partial charge in [0.25, 0.3) is 0 Å². The van der Waals surface area contributed by atoms with Crippen molar-refractivity contribution in [3.63, 3.8) is 0 Å². The summed E-state index contributed by atoms with van der Waals surface area (Å²) in [5.74, 6) is 0.728. The fourth-order valence-electron chi connectivity index (χ4n) is 1.71. The number of likely N-dealkylation sites (tertiary alicyclic amines) is 1. The van der Waals surface area contributed by atoms with Crippen LogP contribution < -0.4 is 0 Å². The van der Waals surface area contributed by atoms with Gasteiger partial charge in [-0.2, -0.15) is 0 Å². The van der Waals surface area contributed by atoms with Crippen LogP contribution in [0.3, 0.4) is 0 Å². The van der Waals surface area contributed by atoms with Gasteiger partial charge in [-0.1, -0.05) is 0 Å². The summed E-state index contributed by atoms with van der Waals surface area (Å²) < 4.78 is 22.0. The molecule has 1 atom stereocenters. The highest BCUT2D eigenvalue weighted by Crippen LogP contribution is 2.14. The molecule has 4 nitrogen and oxygen atoms in total. The quantitative estimate of drug-likeness (QED) is 0.728. The molecule has 1 N–H and O–H groups in total. The van der Waals surface area contributed by atoms with Crippen LogP contribution in [0, 0.1) is 5.41 Å². The van der Waals surface area contributed by atoms with Gasteiger partial charge < -0.3 is 4.90 Å². The topological polar surface area (TPSA) is 61.2 Å². The second-order valence-corrected chi connectivity index (χ2v) is 5.87. The van der Waals surface area contributed by atoms with Crippen molar-refractivity contribution in [2.45, 2.75) is 25.8 Å². The van der Waals surface area contributed by atoms with Gasteiger partial charge in [-0.15, -0.1) is 0 Å². The number of nitrogens with one attached hydrogen (secondary N) is 1. The third-order valence-corrected chi connectivity index (χ3v) is 3.32. The molecule has 0 aromatic heterocycles. The van der Waals surface area contributed by atoms with Gasteiger partial charge in [0.05, 0.1) is 11.6 Å². The molecule has 0 saturated carbocycles. The van der Waals surface area contributed by atoms with Crippen molar-refractivity contribution < 1.29 is 8.42 Å². The standard InChI is InChI=1S/C8H16N2O2S/c1-7(6-13(2,11)12)10-5-3-4-8(10)9/h7,9H,3-6H2,1-2H3. The lowest BCUT2D eigenvalue weighted by Gasteiger charge is -2.25. The Labute approximate surface area is 79.4 Å². The highest BCUT2D eigenvalue weighted by atomic mass is 32.2. The first-order valence-corrected chi connectivity index (χ1v) is 6.48. The Morgan fingerprint density at radius 1 is 1.62 bits per heavy atom. The molecule has 13 heavy (non-hydrogen) atoms. The lowest BCUT2D eigenvalue weighted by molar-refractivity contribution is 0.376. The van der Waals surface area contributed by atoms with Gasteiger partial charge in [0.2, 0.25) is 0 Å². The zero-order chi connectivity index (χ0) is 10.1. The van der Waals surface area contributed by atoms with Crippen LogP contribution in [-0.2, 0) is 9.84 Å². The maximum absolute atomic E-state index is 11.0. The minimum atomic E-state index is -2.92. The smallest absolute Gasteiger partial charge is 0.149 e. The Morgan fingerprint density at radius 2 is 2.23 bits per heavy atom. The minimum Gasteiger partial charge on any atom is -0.357 e. The highest BCUT2D eigenvalue weighted by molar-refractivity contribution is 7.90. The largest absolute Gasteiger partial charge is 0.357 e. The normalized spacial score (nSPS) is 20.8. The number of hydrogen-bond acceptors (Lipinski definition) is 3. The second kappa shape index (κ2) is 3.65. The van der Waals surface area contributed by atoms with Crippen molar-refractivity contribution in [1.29, 1.82) is 5.41 Å². The van der Waals surface area contributed by atoms with Crippen LogP contribution in [-0.4, -0.2) is 43.7 Å². The van der Waals surface area contributed by atoms with Crippen LogP contribution >= 0.6 is 0 Å². The molecule has 1 fully saturated rings. The summed E-state index contributed by atoms with van der Waals surface area (Å²) in [5.41, 5.74) is 0. The maximum atomic E-state index is 11.0. The van der Waals surface area contributed by atoms with Crippen molar-refractivity contribution >= 4 is 15.7 Å². The van der Waals surface area contributed by atoms with Crippen molar-refractivity contribution in [3.05, 3.63) is 0 Å². The van der Waals surface area contributed by atoms with Crippen molar-refractivity contribution in [2.75, 3.05) is 18.6 Å². The summed E-state index contributed by atoms with van der Waals surface area (Å²) in [6.07, 6.45) is 3.00. The summed E-state index contributed by atoms with van der Waals surface area (Å²) >= 11 is 0.